The van der Waals surface area contributed by atoms with Crippen LogP contribution in [0, 0.1) is 0 Å². The summed E-state index contributed by atoms with van der Waals surface area (Å²) in [4.78, 5) is 13.3. The third kappa shape index (κ3) is 4.81. The van der Waals surface area contributed by atoms with E-state index < -0.39 is 15.9 Å². The minimum Gasteiger partial charge on any atom is -0.271 e. The Balaban J connectivity index is 1.82. The van der Waals surface area contributed by atoms with Gasteiger partial charge < -0.3 is 0 Å². The van der Waals surface area contributed by atoms with Gasteiger partial charge in [0.1, 0.15) is 6.54 Å². The van der Waals surface area contributed by atoms with Crippen LogP contribution in [-0.2, 0) is 14.8 Å². The maximum atomic E-state index is 13.0. The van der Waals surface area contributed by atoms with Crippen molar-refractivity contribution in [2.24, 2.45) is 5.10 Å². The topological polar surface area (TPSA) is 78.8 Å². The Bertz CT molecular complexity index is 1000. The van der Waals surface area contributed by atoms with Crippen LogP contribution in [0.4, 0.5) is 5.69 Å². The van der Waals surface area contributed by atoms with Gasteiger partial charge in [0.15, 0.2) is 0 Å². The fraction of sp³-hybridized carbons (Fsp3) is 0.0526. The highest BCUT2D eigenvalue weighted by Crippen LogP contribution is 2.23. The first kappa shape index (κ1) is 18.8. The number of nitrogens with zero attached hydrogens (tertiary/aromatic N) is 2. The molecule has 0 bridgehead atoms. The predicted octanol–water partition coefficient (Wildman–Crippen LogP) is 3.09. The van der Waals surface area contributed by atoms with Crippen molar-refractivity contribution in [2.75, 3.05) is 10.8 Å². The van der Waals surface area contributed by atoms with Crippen molar-refractivity contribution in [1.29, 1.82) is 0 Å². The van der Waals surface area contributed by atoms with Gasteiger partial charge in [0.2, 0.25) is 0 Å². The first-order chi connectivity index (χ1) is 13.1. The summed E-state index contributed by atoms with van der Waals surface area (Å²) >= 11 is 1.48. The third-order valence-corrected chi connectivity index (χ3v) is 6.18. The van der Waals surface area contributed by atoms with Crippen LogP contribution in [0.5, 0.6) is 0 Å². The van der Waals surface area contributed by atoms with E-state index in [0.29, 0.717) is 5.69 Å². The van der Waals surface area contributed by atoms with Crippen molar-refractivity contribution < 1.29 is 13.2 Å². The summed E-state index contributed by atoms with van der Waals surface area (Å²) in [5.74, 6) is -0.536. The molecule has 6 nitrogen and oxygen atoms in total. The maximum Gasteiger partial charge on any atom is 0.264 e. The van der Waals surface area contributed by atoms with E-state index in [2.05, 4.69) is 10.5 Å². The Morgan fingerprint density at radius 2 is 1.67 bits per heavy atom. The molecule has 8 heteroatoms. The number of carbonyl (C=O) groups is 1. The van der Waals surface area contributed by atoms with Gasteiger partial charge >= 0.3 is 0 Å². The molecule has 1 N–H and O–H groups in total. The van der Waals surface area contributed by atoms with Gasteiger partial charge in [-0.3, -0.25) is 9.10 Å². The SMILES string of the molecule is O=C(CN(c1ccccc1)S(=O)(=O)c1ccccc1)N/N=C/c1cccs1. The lowest BCUT2D eigenvalue weighted by Gasteiger charge is -2.23. The fourth-order valence-corrected chi connectivity index (χ4v) is 4.35. The van der Waals surface area contributed by atoms with Gasteiger partial charge in [0, 0.05) is 4.88 Å². The van der Waals surface area contributed by atoms with Crippen molar-refractivity contribution in [2.45, 2.75) is 4.90 Å². The zero-order chi connectivity index (χ0) is 19.1. The summed E-state index contributed by atoms with van der Waals surface area (Å²) in [6.07, 6.45) is 1.51. The number of hydrazone groups is 1. The van der Waals surface area contributed by atoms with E-state index in [0.717, 1.165) is 9.18 Å². The van der Waals surface area contributed by atoms with Gasteiger partial charge in [-0.2, -0.15) is 5.10 Å². The lowest BCUT2D eigenvalue weighted by Crippen LogP contribution is -2.39. The number of nitrogens with one attached hydrogen (secondary N) is 1. The molecule has 1 heterocycles. The molecule has 3 rings (SSSR count). The monoisotopic (exact) mass is 399 g/mol. The number of sulfonamides is 1. The van der Waals surface area contributed by atoms with Crippen molar-refractivity contribution in [1.82, 2.24) is 5.43 Å². The van der Waals surface area contributed by atoms with E-state index in [1.807, 2.05) is 17.5 Å². The summed E-state index contributed by atoms with van der Waals surface area (Å²) in [7, 11) is -3.89. The van der Waals surface area contributed by atoms with E-state index in [9.17, 15) is 13.2 Å². The molecule has 0 saturated carbocycles. The summed E-state index contributed by atoms with van der Waals surface area (Å²) in [6, 6.07) is 20.2. The summed E-state index contributed by atoms with van der Waals surface area (Å²) < 4.78 is 27.1. The fourth-order valence-electron chi connectivity index (χ4n) is 2.33. The summed E-state index contributed by atoms with van der Waals surface area (Å²) in [6.45, 7) is -0.386. The molecule has 2 aromatic carbocycles. The molecule has 0 aliphatic carbocycles. The molecule has 0 spiro atoms. The van der Waals surface area contributed by atoms with Crippen LogP contribution in [0.15, 0.2) is 88.2 Å². The Labute approximate surface area is 161 Å². The molecular formula is C19H17N3O3S2. The Hall–Kier alpha value is -2.97. The van der Waals surface area contributed by atoms with Crippen LogP contribution in [0.2, 0.25) is 0 Å². The van der Waals surface area contributed by atoms with Gasteiger partial charge in [0.05, 0.1) is 16.8 Å². The smallest absolute Gasteiger partial charge is 0.264 e. The zero-order valence-corrected chi connectivity index (χ0v) is 15.9. The number of hydrogen-bond acceptors (Lipinski definition) is 5. The largest absolute Gasteiger partial charge is 0.271 e. The van der Waals surface area contributed by atoms with E-state index in [4.69, 9.17) is 0 Å². The molecule has 1 aromatic heterocycles. The second-order valence-corrected chi connectivity index (χ2v) is 8.31. The summed E-state index contributed by atoms with van der Waals surface area (Å²) in [5.41, 5.74) is 2.78. The van der Waals surface area contributed by atoms with E-state index in [1.54, 1.807) is 48.5 Å². The Kier molecular flexibility index (Phi) is 6.00. The molecule has 0 radical (unpaired) electrons. The summed E-state index contributed by atoms with van der Waals surface area (Å²) in [5, 5.41) is 5.78. The standard InChI is InChI=1S/C19H17N3O3S2/c23-19(21-20-14-17-10-7-13-26-17)15-22(16-8-3-1-4-9-16)27(24,25)18-11-5-2-6-12-18/h1-14H,15H2,(H,21,23)/b20-14+. The van der Waals surface area contributed by atoms with Crippen molar-refractivity contribution in [3.63, 3.8) is 0 Å². The Morgan fingerprint density at radius 1 is 1.00 bits per heavy atom. The van der Waals surface area contributed by atoms with Crippen LogP contribution >= 0.6 is 11.3 Å². The predicted molar refractivity (Wildman–Crippen MR) is 107 cm³/mol. The number of amides is 1. The van der Waals surface area contributed by atoms with Gasteiger partial charge in [0.25, 0.3) is 15.9 Å². The molecule has 0 fully saturated rings. The van der Waals surface area contributed by atoms with Crippen LogP contribution in [0.25, 0.3) is 0 Å². The van der Waals surface area contributed by atoms with Gasteiger partial charge in [-0.1, -0.05) is 42.5 Å². The molecule has 27 heavy (non-hydrogen) atoms. The molecule has 0 atom stereocenters. The number of thiophene rings is 1. The lowest BCUT2D eigenvalue weighted by molar-refractivity contribution is -0.119. The minimum atomic E-state index is -3.89. The van der Waals surface area contributed by atoms with E-state index >= 15 is 0 Å². The molecule has 3 aromatic rings. The second kappa shape index (κ2) is 8.61. The van der Waals surface area contributed by atoms with Crippen molar-refractivity contribution in [3.8, 4) is 0 Å². The number of hydrogen-bond donors (Lipinski definition) is 1. The molecule has 138 valence electrons. The normalized spacial score (nSPS) is 11.4. The highest BCUT2D eigenvalue weighted by Gasteiger charge is 2.26. The first-order valence-electron chi connectivity index (χ1n) is 8.05. The molecule has 0 aliphatic heterocycles. The van der Waals surface area contributed by atoms with Crippen LogP contribution in [0.3, 0.4) is 0 Å². The molecule has 0 saturated heterocycles. The Morgan fingerprint density at radius 3 is 2.30 bits per heavy atom. The van der Waals surface area contributed by atoms with Crippen LogP contribution < -0.4 is 9.73 Å². The van der Waals surface area contributed by atoms with E-state index in [1.165, 1.54) is 29.7 Å². The first-order valence-corrected chi connectivity index (χ1v) is 10.4. The average Bonchev–Trinajstić information content (AvgIpc) is 3.21. The number of para-hydroxylation sites is 1. The highest BCUT2D eigenvalue weighted by atomic mass is 32.2. The number of rotatable bonds is 7. The van der Waals surface area contributed by atoms with Crippen molar-refractivity contribution in [3.05, 3.63) is 83.1 Å². The average molecular weight is 399 g/mol. The second-order valence-electron chi connectivity index (χ2n) is 5.47. The minimum absolute atomic E-state index is 0.115. The van der Waals surface area contributed by atoms with Gasteiger partial charge in [-0.25, -0.2) is 13.8 Å². The lowest BCUT2D eigenvalue weighted by atomic mass is 10.3. The molecule has 0 unspecified atom stereocenters. The third-order valence-electron chi connectivity index (χ3n) is 3.59. The van der Waals surface area contributed by atoms with Crippen LogP contribution in [-0.4, -0.2) is 27.1 Å². The highest BCUT2D eigenvalue weighted by molar-refractivity contribution is 7.92. The molecular weight excluding hydrogens is 382 g/mol. The maximum absolute atomic E-state index is 13.0. The number of benzene rings is 2. The zero-order valence-electron chi connectivity index (χ0n) is 14.2. The molecule has 1 amide bonds. The van der Waals surface area contributed by atoms with Gasteiger partial charge in [-0.15, -0.1) is 11.3 Å². The van der Waals surface area contributed by atoms with E-state index in [-0.39, 0.29) is 11.4 Å². The van der Waals surface area contributed by atoms with Gasteiger partial charge in [-0.05, 0) is 35.7 Å². The van der Waals surface area contributed by atoms with Crippen LogP contribution in [0.1, 0.15) is 4.88 Å². The number of carbonyl (C=O) groups excluding carboxylic acids is 1. The van der Waals surface area contributed by atoms with Crippen molar-refractivity contribution >= 4 is 39.2 Å². The quantitative estimate of drug-likeness (QED) is 0.490. The molecule has 0 aliphatic rings. The number of anilines is 1.